The minimum atomic E-state index is 0.00576. The molecule has 0 aliphatic rings. The summed E-state index contributed by atoms with van der Waals surface area (Å²) in [6.45, 7) is 6.44. The van der Waals surface area contributed by atoms with Crippen molar-refractivity contribution in [3.8, 4) is 0 Å². The molecule has 2 rings (SSSR count). The van der Waals surface area contributed by atoms with E-state index in [2.05, 4.69) is 46.3 Å². The molecule has 4 heteroatoms. The van der Waals surface area contributed by atoms with Gasteiger partial charge in [-0.2, -0.15) is 0 Å². The summed E-state index contributed by atoms with van der Waals surface area (Å²) in [5.41, 5.74) is 0.928. The van der Waals surface area contributed by atoms with E-state index < -0.39 is 0 Å². The van der Waals surface area contributed by atoms with E-state index in [-0.39, 0.29) is 5.41 Å². The number of nitrogens with zero attached hydrogens (tertiary/aromatic N) is 3. The number of hydrogen-bond donors (Lipinski definition) is 0. The van der Waals surface area contributed by atoms with Crippen LogP contribution in [0.3, 0.4) is 0 Å². The van der Waals surface area contributed by atoms with Gasteiger partial charge in [0.15, 0.2) is 0 Å². The second-order valence-corrected chi connectivity index (χ2v) is 5.27. The summed E-state index contributed by atoms with van der Waals surface area (Å²) >= 11 is 2.87. The first kappa shape index (κ1) is 10.5. The first-order chi connectivity index (χ1) is 6.98. The van der Waals surface area contributed by atoms with E-state index in [0.29, 0.717) is 4.32 Å². The molecule has 0 aromatic carbocycles. The zero-order valence-corrected chi connectivity index (χ0v) is 10.8. The quantitative estimate of drug-likeness (QED) is 0.680. The first-order valence-electron chi connectivity index (χ1n) is 4.84. The topological polar surface area (TPSA) is 30.2 Å². The summed E-state index contributed by atoms with van der Waals surface area (Å²) < 4.78 is 2.73. The molecule has 0 N–H and O–H groups in total. The number of aromatic nitrogens is 3. The van der Waals surface area contributed by atoms with Crippen LogP contribution >= 0.6 is 0 Å². The van der Waals surface area contributed by atoms with Gasteiger partial charge in [0, 0.05) is 0 Å². The molecule has 0 saturated carbocycles. The first-order valence-corrected chi connectivity index (χ1v) is 5.70. The van der Waals surface area contributed by atoms with Gasteiger partial charge in [0.25, 0.3) is 0 Å². The van der Waals surface area contributed by atoms with Crippen LogP contribution in [0.2, 0.25) is 0 Å². The second kappa shape index (κ2) is 3.54. The van der Waals surface area contributed by atoms with Crippen molar-refractivity contribution in [1.29, 1.82) is 0 Å². The average molecular weight is 266 g/mol. The molecule has 0 radical (unpaired) electrons. The third-order valence-electron chi connectivity index (χ3n) is 2.15. The SMILES string of the molecule is CC(C)(C)c1nc(=[Se])nc2ccccn12. The van der Waals surface area contributed by atoms with Crippen LogP contribution in [-0.2, 0) is 5.41 Å². The number of hydrogen-bond acceptors (Lipinski definition) is 2. The summed E-state index contributed by atoms with van der Waals surface area (Å²) in [4.78, 5) is 8.82. The predicted octanol–water partition coefficient (Wildman–Crippen LogP) is 1.73. The molecule has 2 aromatic rings. The molecule has 3 nitrogen and oxygen atoms in total. The Balaban J connectivity index is 2.89. The minimum absolute atomic E-state index is 0.00576. The summed E-state index contributed by atoms with van der Waals surface area (Å²) in [6.07, 6.45) is 2.00. The fourth-order valence-corrected chi connectivity index (χ4v) is 1.88. The molecule has 15 heavy (non-hydrogen) atoms. The Morgan fingerprint density at radius 3 is 2.60 bits per heavy atom. The van der Waals surface area contributed by atoms with Gasteiger partial charge in [-0.25, -0.2) is 0 Å². The standard InChI is InChI=1S/C11H13N3Se/c1-11(2,3)9-13-10(15)12-8-6-4-5-7-14(8)9/h4-7H,1-3H3. The van der Waals surface area contributed by atoms with Gasteiger partial charge < -0.3 is 0 Å². The van der Waals surface area contributed by atoms with Crippen molar-refractivity contribution >= 4 is 21.2 Å². The molecular formula is C11H13N3Se. The Labute approximate surface area is 96.6 Å². The van der Waals surface area contributed by atoms with Gasteiger partial charge in [-0.05, 0) is 0 Å². The molecule has 0 aliphatic heterocycles. The normalized spacial score (nSPS) is 11.9. The van der Waals surface area contributed by atoms with E-state index in [4.69, 9.17) is 0 Å². The fourth-order valence-electron chi connectivity index (χ4n) is 1.50. The van der Waals surface area contributed by atoms with Crippen molar-refractivity contribution in [3.63, 3.8) is 0 Å². The molecule has 0 bridgehead atoms. The molecular weight excluding hydrogens is 253 g/mol. The molecule has 2 aromatic heterocycles. The predicted molar refractivity (Wildman–Crippen MR) is 60.7 cm³/mol. The third kappa shape index (κ3) is 2.01. The van der Waals surface area contributed by atoms with Crippen molar-refractivity contribution in [3.05, 3.63) is 34.5 Å². The van der Waals surface area contributed by atoms with Gasteiger partial charge in [-0.1, -0.05) is 0 Å². The van der Waals surface area contributed by atoms with E-state index in [1.807, 2.05) is 28.8 Å². The Morgan fingerprint density at radius 2 is 1.93 bits per heavy atom. The van der Waals surface area contributed by atoms with Gasteiger partial charge >= 0.3 is 96.3 Å². The maximum absolute atomic E-state index is 4.47. The van der Waals surface area contributed by atoms with Gasteiger partial charge in [0.05, 0.1) is 0 Å². The van der Waals surface area contributed by atoms with E-state index >= 15 is 0 Å². The van der Waals surface area contributed by atoms with Gasteiger partial charge in [0.1, 0.15) is 0 Å². The molecule has 0 atom stereocenters. The number of fused-ring (bicyclic) bond motifs is 1. The zero-order valence-electron chi connectivity index (χ0n) is 9.06. The van der Waals surface area contributed by atoms with Crippen molar-refractivity contribution in [2.45, 2.75) is 26.2 Å². The van der Waals surface area contributed by atoms with E-state index in [0.717, 1.165) is 11.5 Å². The van der Waals surface area contributed by atoms with Crippen molar-refractivity contribution in [2.75, 3.05) is 0 Å². The van der Waals surface area contributed by atoms with Crippen LogP contribution in [0.5, 0.6) is 0 Å². The molecule has 0 aliphatic carbocycles. The average Bonchev–Trinajstić information content (AvgIpc) is 2.15. The third-order valence-corrected chi connectivity index (χ3v) is 2.53. The Bertz CT molecular complexity index is 551. The van der Waals surface area contributed by atoms with Gasteiger partial charge in [-0.3, -0.25) is 0 Å². The summed E-state index contributed by atoms with van der Waals surface area (Å²) in [6, 6.07) is 5.95. The molecule has 2 heterocycles. The molecule has 0 amide bonds. The summed E-state index contributed by atoms with van der Waals surface area (Å²) in [5.74, 6) is 1.02. The number of pyridine rings is 1. The van der Waals surface area contributed by atoms with Crippen LogP contribution in [0.1, 0.15) is 26.6 Å². The van der Waals surface area contributed by atoms with Crippen molar-refractivity contribution < 1.29 is 0 Å². The van der Waals surface area contributed by atoms with E-state index in [1.165, 1.54) is 0 Å². The van der Waals surface area contributed by atoms with E-state index in [1.54, 1.807) is 0 Å². The Morgan fingerprint density at radius 1 is 1.20 bits per heavy atom. The second-order valence-electron chi connectivity index (χ2n) is 4.51. The van der Waals surface area contributed by atoms with Crippen LogP contribution in [0, 0.1) is 4.32 Å². The Hall–Kier alpha value is -0.991. The monoisotopic (exact) mass is 267 g/mol. The van der Waals surface area contributed by atoms with Gasteiger partial charge in [0.2, 0.25) is 0 Å². The molecule has 0 saturated heterocycles. The fraction of sp³-hybridized carbons (Fsp3) is 0.364. The molecule has 0 unspecified atom stereocenters. The molecule has 0 fully saturated rings. The summed E-state index contributed by atoms with van der Waals surface area (Å²) in [7, 11) is 0. The van der Waals surface area contributed by atoms with Crippen molar-refractivity contribution in [1.82, 2.24) is 14.4 Å². The van der Waals surface area contributed by atoms with Crippen molar-refractivity contribution in [2.24, 2.45) is 0 Å². The van der Waals surface area contributed by atoms with E-state index in [9.17, 15) is 0 Å². The van der Waals surface area contributed by atoms with Gasteiger partial charge in [-0.15, -0.1) is 0 Å². The summed E-state index contributed by atoms with van der Waals surface area (Å²) in [5, 5.41) is 0. The zero-order chi connectivity index (χ0) is 11.1. The van der Waals surface area contributed by atoms with Crippen LogP contribution < -0.4 is 0 Å². The van der Waals surface area contributed by atoms with Crippen LogP contribution in [0.25, 0.3) is 5.65 Å². The van der Waals surface area contributed by atoms with Crippen LogP contribution in [0.4, 0.5) is 0 Å². The van der Waals surface area contributed by atoms with Crippen LogP contribution in [-0.4, -0.2) is 29.9 Å². The van der Waals surface area contributed by atoms with Crippen LogP contribution in [0.15, 0.2) is 24.4 Å². The molecule has 78 valence electrons. The Kier molecular flexibility index (Phi) is 2.49. The number of rotatable bonds is 0. The maximum atomic E-state index is 4.47. The molecule has 0 spiro atoms.